The van der Waals surface area contributed by atoms with Gasteiger partial charge in [-0.25, -0.2) is 0 Å². The Morgan fingerprint density at radius 3 is 2.71 bits per heavy atom. The van der Waals surface area contributed by atoms with Crippen molar-refractivity contribution in [1.29, 1.82) is 0 Å². The van der Waals surface area contributed by atoms with Crippen molar-refractivity contribution >= 4 is 17.2 Å². The number of hydrogen-bond acceptors (Lipinski definition) is 3. The van der Waals surface area contributed by atoms with E-state index in [0.717, 1.165) is 21.7 Å². The number of aromatic amines is 1. The van der Waals surface area contributed by atoms with Crippen LogP contribution in [0.15, 0.2) is 41.8 Å². The molecule has 4 rings (SSSR count). The van der Waals surface area contributed by atoms with Crippen molar-refractivity contribution in [3.63, 3.8) is 0 Å². The molecule has 0 saturated heterocycles. The lowest BCUT2D eigenvalue weighted by molar-refractivity contribution is 0.0955. The van der Waals surface area contributed by atoms with Gasteiger partial charge in [0, 0.05) is 5.56 Å². The number of rotatable bonds is 2. The normalized spacial score (nSPS) is 16.8. The van der Waals surface area contributed by atoms with E-state index in [0.29, 0.717) is 5.69 Å². The largest absolute Gasteiger partial charge is 0.340 e. The van der Waals surface area contributed by atoms with Crippen LogP contribution in [0.4, 0.5) is 0 Å². The Balaban J connectivity index is 1.86. The van der Waals surface area contributed by atoms with Crippen molar-refractivity contribution in [2.24, 2.45) is 0 Å². The molecule has 2 aromatic heterocycles. The third kappa shape index (κ3) is 1.89. The van der Waals surface area contributed by atoms with Gasteiger partial charge in [0.25, 0.3) is 5.91 Å². The van der Waals surface area contributed by atoms with Crippen molar-refractivity contribution in [2.75, 3.05) is 0 Å². The van der Waals surface area contributed by atoms with Crippen molar-refractivity contribution in [3.8, 4) is 10.6 Å². The molecule has 1 amide bonds. The van der Waals surface area contributed by atoms with Crippen molar-refractivity contribution in [3.05, 3.63) is 64.2 Å². The Hall–Kier alpha value is -2.40. The summed E-state index contributed by atoms with van der Waals surface area (Å²) in [5.41, 5.74) is 4.67. The summed E-state index contributed by atoms with van der Waals surface area (Å²) in [6.07, 6.45) is 0. The smallest absolute Gasteiger partial charge is 0.272 e. The number of aryl methyl sites for hydroxylation is 1. The third-order valence-electron chi connectivity index (χ3n) is 3.76. The summed E-state index contributed by atoms with van der Waals surface area (Å²) in [6.45, 7) is 2.05. The Morgan fingerprint density at radius 2 is 2.00 bits per heavy atom. The van der Waals surface area contributed by atoms with E-state index in [1.807, 2.05) is 17.5 Å². The highest BCUT2D eigenvalue weighted by atomic mass is 32.1. The second kappa shape index (κ2) is 4.56. The lowest BCUT2D eigenvalue weighted by Crippen LogP contribution is -2.21. The minimum Gasteiger partial charge on any atom is -0.340 e. The van der Waals surface area contributed by atoms with Gasteiger partial charge in [-0.15, -0.1) is 11.3 Å². The first kappa shape index (κ1) is 12.3. The highest BCUT2D eigenvalue weighted by molar-refractivity contribution is 7.13. The molecule has 1 aliphatic rings. The topological polar surface area (TPSA) is 57.8 Å². The summed E-state index contributed by atoms with van der Waals surface area (Å²) in [5.74, 6) is -0.116. The van der Waals surface area contributed by atoms with Gasteiger partial charge in [0.2, 0.25) is 0 Å². The predicted molar refractivity (Wildman–Crippen MR) is 82.4 cm³/mol. The van der Waals surface area contributed by atoms with Crippen molar-refractivity contribution in [2.45, 2.75) is 13.0 Å². The number of H-pyrrole nitrogens is 1. The SMILES string of the molecule is Cc1ccc([C@H]2NC(=O)c3n[nH]c(-c4cccs4)c32)cc1. The molecule has 1 aliphatic heterocycles. The average Bonchev–Trinajstić information content (AvgIpc) is 3.18. The maximum atomic E-state index is 12.1. The van der Waals surface area contributed by atoms with E-state index in [-0.39, 0.29) is 11.9 Å². The number of hydrogen-bond donors (Lipinski definition) is 2. The zero-order valence-electron chi connectivity index (χ0n) is 11.4. The molecule has 0 aliphatic carbocycles. The number of nitrogens with one attached hydrogen (secondary N) is 2. The third-order valence-corrected chi connectivity index (χ3v) is 4.65. The van der Waals surface area contributed by atoms with Gasteiger partial charge in [-0.1, -0.05) is 35.9 Å². The fraction of sp³-hybridized carbons (Fsp3) is 0.125. The molecule has 0 unspecified atom stereocenters. The van der Waals surface area contributed by atoms with Gasteiger partial charge >= 0.3 is 0 Å². The van der Waals surface area contributed by atoms with Gasteiger partial charge in [0.1, 0.15) is 0 Å². The first-order valence-electron chi connectivity index (χ1n) is 6.73. The van der Waals surface area contributed by atoms with Gasteiger partial charge in [-0.05, 0) is 23.9 Å². The van der Waals surface area contributed by atoms with E-state index in [9.17, 15) is 4.79 Å². The molecule has 5 heteroatoms. The molecule has 0 saturated carbocycles. The number of carbonyl (C=O) groups excluding carboxylic acids is 1. The summed E-state index contributed by atoms with van der Waals surface area (Å²) in [5, 5.41) is 12.3. The minimum absolute atomic E-state index is 0.116. The number of thiophene rings is 1. The molecule has 2 N–H and O–H groups in total. The number of fused-ring (bicyclic) bond motifs is 1. The van der Waals surface area contributed by atoms with Crippen LogP contribution in [0.25, 0.3) is 10.6 Å². The van der Waals surface area contributed by atoms with Gasteiger partial charge in [0.15, 0.2) is 5.69 Å². The lowest BCUT2D eigenvalue weighted by atomic mass is 9.98. The molecule has 0 radical (unpaired) electrons. The predicted octanol–water partition coefficient (Wildman–Crippen LogP) is 3.28. The van der Waals surface area contributed by atoms with E-state index < -0.39 is 0 Å². The van der Waals surface area contributed by atoms with Gasteiger partial charge in [0.05, 0.1) is 16.6 Å². The highest BCUT2D eigenvalue weighted by Crippen LogP contribution is 2.38. The fourth-order valence-electron chi connectivity index (χ4n) is 2.69. The number of carbonyl (C=O) groups is 1. The lowest BCUT2D eigenvalue weighted by Gasteiger charge is -2.13. The fourth-order valence-corrected chi connectivity index (χ4v) is 3.43. The Kier molecular flexibility index (Phi) is 2.68. The van der Waals surface area contributed by atoms with Crippen LogP contribution in [0.3, 0.4) is 0 Å². The molecule has 1 atom stereocenters. The first-order valence-corrected chi connectivity index (χ1v) is 7.61. The molecule has 3 heterocycles. The maximum absolute atomic E-state index is 12.1. The zero-order chi connectivity index (χ0) is 14.4. The van der Waals surface area contributed by atoms with Crippen LogP contribution >= 0.6 is 11.3 Å². The van der Waals surface area contributed by atoms with Crippen molar-refractivity contribution < 1.29 is 4.79 Å². The molecule has 0 bridgehead atoms. The number of amides is 1. The van der Waals surface area contributed by atoms with Crippen LogP contribution in [0.1, 0.15) is 33.2 Å². The van der Waals surface area contributed by atoms with E-state index in [4.69, 9.17) is 0 Å². The van der Waals surface area contributed by atoms with E-state index in [1.54, 1.807) is 11.3 Å². The second-order valence-electron chi connectivity index (χ2n) is 5.16. The van der Waals surface area contributed by atoms with E-state index >= 15 is 0 Å². The summed E-state index contributed by atoms with van der Waals surface area (Å²) in [6, 6.07) is 12.1. The molecule has 21 heavy (non-hydrogen) atoms. The second-order valence-corrected chi connectivity index (χ2v) is 6.10. The molecule has 0 spiro atoms. The van der Waals surface area contributed by atoms with Crippen molar-refractivity contribution in [1.82, 2.24) is 15.5 Å². The number of nitrogens with zero attached hydrogens (tertiary/aromatic N) is 1. The molecule has 104 valence electrons. The summed E-state index contributed by atoms with van der Waals surface area (Å²) < 4.78 is 0. The van der Waals surface area contributed by atoms with Crippen LogP contribution in [0, 0.1) is 6.92 Å². The quantitative estimate of drug-likeness (QED) is 0.762. The highest BCUT2D eigenvalue weighted by Gasteiger charge is 2.35. The van der Waals surface area contributed by atoms with Crippen LogP contribution in [-0.2, 0) is 0 Å². The standard InChI is InChI=1S/C16H13N3OS/c1-9-4-6-10(7-5-9)13-12-14(11-3-2-8-21-11)18-19-15(12)16(20)17-13/h2-8,13H,1H3,(H,17,20)(H,18,19)/t13-/m1/s1. The molecule has 3 aromatic rings. The Bertz CT molecular complexity index is 803. The molecular weight excluding hydrogens is 282 g/mol. The first-order chi connectivity index (χ1) is 10.2. The van der Waals surface area contributed by atoms with E-state index in [1.165, 1.54) is 5.56 Å². The number of benzene rings is 1. The van der Waals surface area contributed by atoms with E-state index in [2.05, 4.69) is 46.7 Å². The summed E-state index contributed by atoms with van der Waals surface area (Å²) >= 11 is 1.64. The van der Waals surface area contributed by atoms with Gasteiger partial charge in [-0.3, -0.25) is 9.89 Å². The van der Waals surface area contributed by atoms with Crippen LogP contribution < -0.4 is 5.32 Å². The molecule has 1 aromatic carbocycles. The van der Waals surface area contributed by atoms with Gasteiger partial charge < -0.3 is 5.32 Å². The zero-order valence-corrected chi connectivity index (χ0v) is 12.2. The Morgan fingerprint density at radius 1 is 1.19 bits per heavy atom. The monoisotopic (exact) mass is 295 g/mol. The average molecular weight is 295 g/mol. The Labute approximate surface area is 125 Å². The van der Waals surface area contributed by atoms with Crippen LogP contribution in [-0.4, -0.2) is 16.1 Å². The van der Waals surface area contributed by atoms with Gasteiger partial charge in [-0.2, -0.15) is 5.10 Å². The summed E-state index contributed by atoms with van der Waals surface area (Å²) in [4.78, 5) is 13.2. The number of aromatic nitrogens is 2. The molecule has 4 nitrogen and oxygen atoms in total. The maximum Gasteiger partial charge on any atom is 0.272 e. The van der Waals surface area contributed by atoms with Crippen LogP contribution in [0.5, 0.6) is 0 Å². The summed E-state index contributed by atoms with van der Waals surface area (Å²) in [7, 11) is 0. The minimum atomic E-state index is -0.135. The molecular formula is C16H13N3OS. The molecule has 0 fully saturated rings. The van der Waals surface area contributed by atoms with Crippen LogP contribution in [0.2, 0.25) is 0 Å².